The van der Waals surface area contributed by atoms with Gasteiger partial charge in [-0.05, 0) is 42.7 Å². The number of aryl methyl sites for hydroxylation is 1. The third-order valence-corrected chi connectivity index (χ3v) is 5.30. The number of rotatable bonds is 6. The molecule has 2 aromatic rings. The minimum atomic E-state index is -0.115. The van der Waals surface area contributed by atoms with Gasteiger partial charge in [0.15, 0.2) is 5.96 Å². The molecule has 1 aliphatic rings. The van der Waals surface area contributed by atoms with Gasteiger partial charge in [0, 0.05) is 38.8 Å². The number of guanidine groups is 1. The first-order valence-electron chi connectivity index (χ1n) is 10.7. The largest absolute Gasteiger partial charge is 0.357 e. The summed E-state index contributed by atoms with van der Waals surface area (Å²) in [6.07, 6.45) is 0. The molecule has 32 heavy (non-hydrogen) atoms. The van der Waals surface area contributed by atoms with E-state index in [-0.39, 0.29) is 42.3 Å². The van der Waals surface area contributed by atoms with Crippen molar-refractivity contribution in [2.75, 3.05) is 33.2 Å². The maximum atomic E-state index is 12.6. The van der Waals surface area contributed by atoms with Crippen molar-refractivity contribution in [1.82, 2.24) is 20.4 Å². The number of piperazine rings is 1. The standard InChI is InChI=1S/C24H31N5O2.HI/c1-4-25-24(28(3)16-21-8-6-5-7-18(21)2)27-15-19-9-11-20(12-10-19)23(31)29-14-13-26-22(30)17-29;/h5-12H,4,13-17H2,1-3H3,(H,25,27)(H,26,30);1H. The van der Waals surface area contributed by atoms with Gasteiger partial charge in [0.05, 0.1) is 13.1 Å². The van der Waals surface area contributed by atoms with Gasteiger partial charge in [-0.1, -0.05) is 36.4 Å². The minimum absolute atomic E-state index is 0. The van der Waals surface area contributed by atoms with Crippen molar-refractivity contribution >= 4 is 41.8 Å². The molecule has 1 aliphatic heterocycles. The van der Waals surface area contributed by atoms with E-state index in [4.69, 9.17) is 4.99 Å². The minimum Gasteiger partial charge on any atom is -0.357 e. The molecule has 0 atom stereocenters. The molecule has 3 rings (SSSR count). The Labute approximate surface area is 207 Å². The van der Waals surface area contributed by atoms with Crippen molar-refractivity contribution in [2.45, 2.75) is 26.9 Å². The summed E-state index contributed by atoms with van der Waals surface area (Å²) in [5.41, 5.74) is 4.14. The molecule has 8 heteroatoms. The molecule has 172 valence electrons. The van der Waals surface area contributed by atoms with Crippen LogP contribution in [-0.4, -0.2) is 60.8 Å². The summed E-state index contributed by atoms with van der Waals surface area (Å²) >= 11 is 0. The van der Waals surface area contributed by atoms with Crippen molar-refractivity contribution in [1.29, 1.82) is 0 Å². The normalized spacial score (nSPS) is 13.8. The molecule has 2 amide bonds. The number of nitrogens with zero attached hydrogens (tertiary/aromatic N) is 3. The van der Waals surface area contributed by atoms with Gasteiger partial charge in [-0.15, -0.1) is 24.0 Å². The van der Waals surface area contributed by atoms with E-state index in [0.717, 1.165) is 24.6 Å². The Morgan fingerprint density at radius 2 is 1.91 bits per heavy atom. The quantitative estimate of drug-likeness (QED) is 0.330. The molecule has 2 N–H and O–H groups in total. The Bertz CT molecular complexity index is 946. The van der Waals surface area contributed by atoms with Gasteiger partial charge in [-0.25, -0.2) is 4.99 Å². The fourth-order valence-electron chi connectivity index (χ4n) is 3.50. The van der Waals surface area contributed by atoms with E-state index in [1.54, 1.807) is 4.90 Å². The zero-order chi connectivity index (χ0) is 22.2. The highest BCUT2D eigenvalue weighted by Crippen LogP contribution is 2.12. The molecular weight excluding hydrogens is 517 g/mol. The number of amides is 2. The van der Waals surface area contributed by atoms with E-state index < -0.39 is 0 Å². The van der Waals surface area contributed by atoms with Gasteiger partial charge in [-0.3, -0.25) is 9.59 Å². The number of hydrogen-bond donors (Lipinski definition) is 2. The first-order valence-corrected chi connectivity index (χ1v) is 10.7. The molecule has 0 bridgehead atoms. The average Bonchev–Trinajstić information content (AvgIpc) is 2.78. The SMILES string of the molecule is CCNC(=NCc1ccc(C(=O)N2CCNC(=O)C2)cc1)N(C)Cc1ccccc1C.I. The van der Waals surface area contributed by atoms with Gasteiger partial charge in [-0.2, -0.15) is 0 Å². The van der Waals surface area contributed by atoms with Gasteiger partial charge in [0.25, 0.3) is 5.91 Å². The molecule has 0 radical (unpaired) electrons. The summed E-state index contributed by atoms with van der Waals surface area (Å²) in [6.45, 7) is 7.40. The highest BCUT2D eigenvalue weighted by molar-refractivity contribution is 14.0. The fourth-order valence-corrected chi connectivity index (χ4v) is 3.50. The second-order valence-electron chi connectivity index (χ2n) is 7.73. The highest BCUT2D eigenvalue weighted by Gasteiger charge is 2.22. The number of carbonyl (C=O) groups excluding carboxylic acids is 2. The van der Waals surface area contributed by atoms with Crippen molar-refractivity contribution in [3.63, 3.8) is 0 Å². The number of hydrogen-bond acceptors (Lipinski definition) is 3. The van der Waals surface area contributed by atoms with E-state index >= 15 is 0 Å². The average molecular weight is 549 g/mol. The lowest BCUT2D eigenvalue weighted by Crippen LogP contribution is -2.49. The molecule has 0 unspecified atom stereocenters. The molecule has 1 saturated heterocycles. The first kappa shape index (κ1) is 25.6. The Hall–Kier alpha value is -2.62. The van der Waals surface area contributed by atoms with E-state index in [1.165, 1.54) is 11.1 Å². The van der Waals surface area contributed by atoms with Crippen molar-refractivity contribution in [3.8, 4) is 0 Å². The Morgan fingerprint density at radius 1 is 1.19 bits per heavy atom. The maximum absolute atomic E-state index is 12.6. The Balaban J connectivity index is 0.00000363. The van der Waals surface area contributed by atoms with Crippen LogP contribution in [-0.2, 0) is 17.9 Å². The number of nitrogens with one attached hydrogen (secondary N) is 2. The van der Waals surface area contributed by atoms with Gasteiger partial charge < -0.3 is 20.4 Å². The molecular formula is C24H32IN5O2. The predicted molar refractivity (Wildman–Crippen MR) is 138 cm³/mol. The second-order valence-corrected chi connectivity index (χ2v) is 7.73. The first-order chi connectivity index (χ1) is 15.0. The molecule has 1 heterocycles. The number of aliphatic imine (C=N–C) groups is 1. The lowest BCUT2D eigenvalue weighted by Gasteiger charge is -2.26. The zero-order valence-electron chi connectivity index (χ0n) is 18.9. The summed E-state index contributed by atoms with van der Waals surface area (Å²) in [4.78, 5) is 32.6. The van der Waals surface area contributed by atoms with Crippen LogP contribution < -0.4 is 10.6 Å². The van der Waals surface area contributed by atoms with Gasteiger partial charge >= 0.3 is 0 Å². The van der Waals surface area contributed by atoms with E-state index in [9.17, 15) is 9.59 Å². The summed E-state index contributed by atoms with van der Waals surface area (Å²) in [6, 6.07) is 15.8. The molecule has 0 aliphatic carbocycles. The highest BCUT2D eigenvalue weighted by atomic mass is 127. The summed E-state index contributed by atoms with van der Waals surface area (Å²) in [7, 11) is 2.03. The smallest absolute Gasteiger partial charge is 0.254 e. The van der Waals surface area contributed by atoms with Crippen LogP contribution >= 0.6 is 24.0 Å². The van der Waals surface area contributed by atoms with Crippen LogP contribution in [0.5, 0.6) is 0 Å². The number of benzene rings is 2. The Kier molecular flexibility index (Phi) is 9.96. The lowest BCUT2D eigenvalue weighted by atomic mass is 10.1. The van der Waals surface area contributed by atoms with Crippen molar-refractivity contribution in [2.24, 2.45) is 4.99 Å². The van der Waals surface area contributed by atoms with E-state index in [2.05, 4.69) is 47.6 Å². The predicted octanol–water partition coefficient (Wildman–Crippen LogP) is 2.78. The van der Waals surface area contributed by atoms with Gasteiger partial charge in [0.1, 0.15) is 0 Å². The third-order valence-electron chi connectivity index (χ3n) is 5.30. The van der Waals surface area contributed by atoms with Crippen LogP contribution in [0.2, 0.25) is 0 Å². The monoisotopic (exact) mass is 549 g/mol. The van der Waals surface area contributed by atoms with Crippen LogP contribution in [0.25, 0.3) is 0 Å². The topological polar surface area (TPSA) is 77.0 Å². The maximum Gasteiger partial charge on any atom is 0.254 e. The van der Waals surface area contributed by atoms with Gasteiger partial charge in [0.2, 0.25) is 5.91 Å². The molecule has 0 spiro atoms. The van der Waals surface area contributed by atoms with Crippen molar-refractivity contribution in [3.05, 3.63) is 70.8 Å². The summed E-state index contributed by atoms with van der Waals surface area (Å²) < 4.78 is 0. The molecule has 0 aromatic heterocycles. The molecule has 2 aromatic carbocycles. The van der Waals surface area contributed by atoms with Crippen LogP contribution in [0.1, 0.15) is 34.0 Å². The fraction of sp³-hybridized carbons (Fsp3) is 0.375. The molecule has 0 saturated carbocycles. The number of carbonyl (C=O) groups is 2. The van der Waals surface area contributed by atoms with Crippen LogP contribution in [0.3, 0.4) is 0 Å². The molecule has 7 nitrogen and oxygen atoms in total. The number of halogens is 1. The summed E-state index contributed by atoms with van der Waals surface area (Å²) in [5.74, 6) is 0.609. The second kappa shape index (κ2) is 12.4. The Morgan fingerprint density at radius 3 is 2.56 bits per heavy atom. The van der Waals surface area contributed by atoms with Crippen LogP contribution in [0, 0.1) is 6.92 Å². The van der Waals surface area contributed by atoms with Crippen molar-refractivity contribution < 1.29 is 9.59 Å². The van der Waals surface area contributed by atoms with E-state index in [0.29, 0.717) is 25.2 Å². The van der Waals surface area contributed by atoms with E-state index in [1.807, 2.05) is 37.4 Å². The lowest BCUT2D eigenvalue weighted by molar-refractivity contribution is -0.123. The summed E-state index contributed by atoms with van der Waals surface area (Å²) in [5, 5.41) is 6.08. The van der Waals surface area contributed by atoms with Crippen LogP contribution in [0.15, 0.2) is 53.5 Å². The molecule has 1 fully saturated rings. The van der Waals surface area contributed by atoms with Crippen LogP contribution in [0.4, 0.5) is 0 Å². The third kappa shape index (κ3) is 6.94. The zero-order valence-corrected chi connectivity index (χ0v) is 21.3.